The average Bonchev–Trinajstić information content (AvgIpc) is 2.49. The summed E-state index contributed by atoms with van der Waals surface area (Å²) < 4.78 is 0. The zero-order valence-corrected chi connectivity index (χ0v) is 12.4. The number of pyridine rings is 1. The Balaban J connectivity index is 2.02. The zero-order chi connectivity index (χ0) is 13.5. The van der Waals surface area contributed by atoms with E-state index in [4.69, 9.17) is 0 Å². The molecule has 0 aliphatic heterocycles. The van der Waals surface area contributed by atoms with E-state index in [1.54, 1.807) is 0 Å². The van der Waals surface area contributed by atoms with Gasteiger partial charge >= 0.3 is 0 Å². The van der Waals surface area contributed by atoms with Gasteiger partial charge in [0.2, 0.25) is 0 Å². The zero-order valence-electron chi connectivity index (χ0n) is 12.4. The Morgan fingerprint density at radius 3 is 2.63 bits per heavy atom. The molecule has 1 aromatic heterocycles. The van der Waals surface area contributed by atoms with Crippen molar-refractivity contribution in [1.82, 2.24) is 10.3 Å². The van der Waals surface area contributed by atoms with E-state index < -0.39 is 0 Å². The normalized spacial score (nSPS) is 25.2. The van der Waals surface area contributed by atoms with E-state index in [0.29, 0.717) is 6.04 Å². The molecule has 1 fully saturated rings. The summed E-state index contributed by atoms with van der Waals surface area (Å²) in [7, 11) is 0. The molecule has 1 aliphatic rings. The highest BCUT2D eigenvalue weighted by molar-refractivity contribution is 5.15. The minimum atomic E-state index is 0.506. The third-order valence-electron chi connectivity index (χ3n) is 4.60. The summed E-state index contributed by atoms with van der Waals surface area (Å²) in [6.45, 7) is 5.67. The van der Waals surface area contributed by atoms with Crippen LogP contribution in [0.15, 0.2) is 24.5 Å². The lowest BCUT2D eigenvalue weighted by molar-refractivity contribution is 0.218. The fourth-order valence-electron chi connectivity index (χ4n) is 3.35. The summed E-state index contributed by atoms with van der Waals surface area (Å²) in [5, 5.41) is 3.75. The Kier molecular flexibility index (Phi) is 5.84. The van der Waals surface area contributed by atoms with Crippen molar-refractivity contribution in [3.05, 3.63) is 30.1 Å². The molecule has 1 atom stereocenters. The number of hydrogen-bond donors (Lipinski definition) is 1. The van der Waals surface area contributed by atoms with E-state index >= 15 is 0 Å². The summed E-state index contributed by atoms with van der Waals surface area (Å²) in [6, 6.07) is 4.80. The van der Waals surface area contributed by atoms with Gasteiger partial charge in [-0.15, -0.1) is 0 Å². The number of nitrogens with one attached hydrogen (secondary N) is 1. The standard InChI is InChI=1S/C17H28N2/c1-3-11-19-17(16-6-5-12-18-13-16)15-9-7-14(4-2)8-10-15/h5-6,12-15,17,19H,3-4,7-11H2,1-2H3. The van der Waals surface area contributed by atoms with Crippen LogP contribution in [0.2, 0.25) is 0 Å². The summed E-state index contributed by atoms with van der Waals surface area (Å²) >= 11 is 0. The quantitative estimate of drug-likeness (QED) is 0.823. The molecule has 0 aromatic carbocycles. The van der Waals surface area contributed by atoms with E-state index in [0.717, 1.165) is 18.4 Å². The SMILES string of the molecule is CCCNC(c1cccnc1)C1CCC(CC)CC1. The Morgan fingerprint density at radius 2 is 2.05 bits per heavy atom. The second-order valence-electron chi connectivity index (χ2n) is 5.91. The highest BCUT2D eigenvalue weighted by Gasteiger charge is 2.27. The van der Waals surface area contributed by atoms with E-state index in [1.165, 1.54) is 44.1 Å². The van der Waals surface area contributed by atoms with Crippen LogP contribution in [0.1, 0.15) is 64.0 Å². The van der Waals surface area contributed by atoms with Crippen molar-refractivity contribution in [2.24, 2.45) is 11.8 Å². The third-order valence-corrected chi connectivity index (χ3v) is 4.60. The highest BCUT2D eigenvalue weighted by atomic mass is 14.9. The summed E-state index contributed by atoms with van der Waals surface area (Å²) in [4.78, 5) is 4.30. The number of hydrogen-bond acceptors (Lipinski definition) is 2. The van der Waals surface area contributed by atoms with Gasteiger partial charge in [0.05, 0.1) is 0 Å². The molecule has 2 rings (SSSR count). The van der Waals surface area contributed by atoms with Gasteiger partial charge in [-0.25, -0.2) is 0 Å². The molecule has 0 amide bonds. The van der Waals surface area contributed by atoms with Crippen molar-refractivity contribution in [1.29, 1.82) is 0 Å². The van der Waals surface area contributed by atoms with Crippen LogP contribution in [0.3, 0.4) is 0 Å². The van der Waals surface area contributed by atoms with Crippen molar-refractivity contribution in [3.63, 3.8) is 0 Å². The molecule has 1 unspecified atom stereocenters. The van der Waals surface area contributed by atoms with Gasteiger partial charge < -0.3 is 5.32 Å². The van der Waals surface area contributed by atoms with Crippen LogP contribution >= 0.6 is 0 Å². The minimum absolute atomic E-state index is 0.506. The van der Waals surface area contributed by atoms with Gasteiger partial charge in [-0.2, -0.15) is 0 Å². The number of rotatable bonds is 6. The summed E-state index contributed by atoms with van der Waals surface area (Å²) in [5.41, 5.74) is 1.37. The van der Waals surface area contributed by atoms with Crippen LogP contribution < -0.4 is 5.32 Å². The average molecular weight is 260 g/mol. The monoisotopic (exact) mass is 260 g/mol. The first-order valence-corrected chi connectivity index (χ1v) is 7.98. The van der Waals surface area contributed by atoms with Gasteiger partial charge in [0.15, 0.2) is 0 Å². The minimum Gasteiger partial charge on any atom is -0.310 e. The molecule has 1 aliphatic carbocycles. The summed E-state index contributed by atoms with van der Waals surface area (Å²) in [5.74, 6) is 1.76. The second kappa shape index (κ2) is 7.64. The fraction of sp³-hybridized carbons (Fsp3) is 0.706. The summed E-state index contributed by atoms with van der Waals surface area (Å²) in [6.07, 6.45) is 12.0. The molecule has 0 radical (unpaired) electrons. The van der Waals surface area contributed by atoms with E-state index in [9.17, 15) is 0 Å². The Labute approximate surface area is 118 Å². The Bertz CT molecular complexity index is 342. The molecule has 19 heavy (non-hydrogen) atoms. The van der Waals surface area contributed by atoms with Crippen molar-refractivity contribution >= 4 is 0 Å². The molecule has 0 spiro atoms. The molecular formula is C17H28N2. The lowest BCUT2D eigenvalue weighted by Crippen LogP contribution is -2.31. The molecule has 1 heterocycles. The number of nitrogens with zero attached hydrogens (tertiary/aromatic N) is 1. The van der Waals surface area contributed by atoms with Gasteiger partial charge in [-0.05, 0) is 49.3 Å². The van der Waals surface area contributed by atoms with E-state index in [1.807, 2.05) is 12.4 Å². The van der Waals surface area contributed by atoms with Crippen molar-refractivity contribution < 1.29 is 0 Å². The third kappa shape index (κ3) is 4.04. The van der Waals surface area contributed by atoms with Gasteiger partial charge in [0.1, 0.15) is 0 Å². The predicted octanol–water partition coefficient (Wildman–Crippen LogP) is 4.34. The molecule has 1 saturated carbocycles. The highest BCUT2D eigenvalue weighted by Crippen LogP contribution is 2.37. The van der Waals surface area contributed by atoms with E-state index in [2.05, 4.69) is 36.3 Å². The molecule has 0 bridgehead atoms. The smallest absolute Gasteiger partial charge is 0.0363 e. The lowest BCUT2D eigenvalue weighted by atomic mass is 9.76. The first-order chi connectivity index (χ1) is 9.35. The van der Waals surface area contributed by atoms with Crippen LogP contribution in [0, 0.1) is 11.8 Å². The molecule has 106 valence electrons. The van der Waals surface area contributed by atoms with Gasteiger partial charge in [-0.3, -0.25) is 4.98 Å². The van der Waals surface area contributed by atoms with Gasteiger partial charge in [0.25, 0.3) is 0 Å². The van der Waals surface area contributed by atoms with Crippen LogP contribution in [0.4, 0.5) is 0 Å². The van der Waals surface area contributed by atoms with Crippen LogP contribution in [-0.2, 0) is 0 Å². The molecule has 1 aromatic rings. The first-order valence-electron chi connectivity index (χ1n) is 7.98. The fourth-order valence-corrected chi connectivity index (χ4v) is 3.35. The largest absolute Gasteiger partial charge is 0.310 e. The Morgan fingerprint density at radius 1 is 1.26 bits per heavy atom. The molecule has 0 saturated heterocycles. The van der Waals surface area contributed by atoms with Gasteiger partial charge in [-0.1, -0.05) is 39.2 Å². The van der Waals surface area contributed by atoms with Crippen LogP contribution in [0.25, 0.3) is 0 Å². The maximum atomic E-state index is 4.30. The maximum Gasteiger partial charge on any atom is 0.0363 e. The van der Waals surface area contributed by atoms with Crippen molar-refractivity contribution in [2.45, 2.75) is 58.4 Å². The molecule has 2 nitrogen and oxygen atoms in total. The van der Waals surface area contributed by atoms with Crippen molar-refractivity contribution in [2.75, 3.05) is 6.54 Å². The van der Waals surface area contributed by atoms with Crippen LogP contribution in [0.5, 0.6) is 0 Å². The maximum absolute atomic E-state index is 4.30. The van der Waals surface area contributed by atoms with E-state index in [-0.39, 0.29) is 0 Å². The second-order valence-corrected chi connectivity index (χ2v) is 5.91. The molecule has 2 heteroatoms. The topological polar surface area (TPSA) is 24.9 Å². The first kappa shape index (κ1) is 14.5. The molecular weight excluding hydrogens is 232 g/mol. The molecule has 1 N–H and O–H groups in total. The lowest BCUT2D eigenvalue weighted by Gasteiger charge is -2.34. The Hall–Kier alpha value is -0.890. The van der Waals surface area contributed by atoms with Gasteiger partial charge in [0, 0.05) is 18.4 Å². The predicted molar refractivity (Wildman–Crippen MR) is 81.0 cm³/mol. The van der Waals surface area contributed by atoms with Crippen molar-refractivity contribution in [3.8, 4) is 0 Å². The van der Waals surface area contributed by atoms with Crippen LogP contribution in [-0.4, -0.2) is 11.5 Å². The number of aromatic nitrogens is 1.